The number of benzene rings is 2. The molecule has 2 atom stereocenters. The van der Waals surface area contributed by atoms with E-state index < -0.39 is 38.8 Å². The van der Waals surface area contributed by atoms with Gasteiger partial charge in [0.1, 0.15) is 0 Å². The molecule has 0 bridgehead atoms. The third-order valence-corrected chi connectivity index (χ3v) is 8.44. The van der Waals surface area contributed by atoms with Gasteiger partial charge < -0.3 is 4.90 Å². The second kappa shape index (κ2) is 7.98. The van der Waals surface area contributed by atoms with Gasteiger partial charge in [-0.15, -0.1) is 0 Å². The summed E-state index contributed by atoms with van der Waals surface area (Å²) in [6, 6.07) is 11.6. The van der Waals surface area contributed by atoms with Crippen LogP contribution in [0.2, 0.25) is 0 Å². The number of para-hydroxylation sites is 1. The maximum absolute atomic E-state index is 13.6. The number of hydrogen-bond donors (Lipinski definition) is 0. The molecule has 2 aromatic rings. The second-order valence-electron chi connectivity index (χ2n) is 7.64. The number of anilines is 1. The number of sulfone groups is 1. The van der Waals surface area contributed by atoms with E-state index in [1.54, 1.807) is 12.1 Å². The van der Waals surface area contributed by atoms with Crippen LogP contribution in [0.5, 0.6) is 0 Å². The number of fused-ring (bicyclic) bond motifs is 1. The lowest BCUT2D eigenvalue weighted by molar-refractivity contribution is -0.137. The molecule has 2 aliphatic rings. The Hall–Kier alpha value is -2.33. The van der Waals surface area contributed by atoms with Crippen molar-refractivity contribution in [3.63, 3.8) is 0 Å². The average Bonchev–Trinajstić information content (AvgIpc) is 3.13. The number of aryl methyl sites for hydroxylation is 1. The molecule has 0 aliphatic carbocycles. The summed E-state index contributed by atoms with van der Waals surface area (Å²) in [7, 11) is -3.38. The van der Waals surface area contributed by atoms with Gasteiger partial charge in [0.15, 0.2) is 15.0 Å². The van der Waals surface area contributed by atoms with E-state index in [-0.39, 0.29) is 28.8 Å². The van der Waals surface area contributed by atoms with Crippen LogP contribution in [0.25, 0.3) is 0 Å². The third-order valence-electron chi connectivity index (χ3n) is 5.23. The van der Waals surface area contributed by atoms with Gasteiger partial charge in [-0.05, 0) is 24.6 Å². The highest BCUT2D eigenvalue weighted by atomic mass is 32.2. The van der Waals surface area contributed by atoms with Gasteiger partial charge in [0, 0.05) is 5.25 Å². The molecule has 0 spiro atoms. The van der Waals surface area contributed by atoms with Crippen molar-refractivity contribution in [2.45, 2.75) is 30.8 Å². The van der Waals surface area contributed by atoms with Crippen LogP contribution in [-0.4, -0.2) is 42.3 Å². The number of carbonyl (C=O) groups excluding carboxylic acids is 1. The van der Waals surface area contributed by atoms with Crippen LogP contribution < -0.4 is 4.90 Å². The molecular formula is C21H19F3N2O3S2. The number of thioether (sulfide) groups is 1. The molecule has 0 N–H and O–H groups in total. The molecule has 0 saturated carbocycles. The summed E-state index contributed by atoms with van der Waals surface area (Å²) in [5, 5.41) is -0.365. The van der Waals surface area contributed by atoms with E-state index in [1.165, 1.54) is 23.1 Å². The summed E-state index contributed by atoms with van der Waals surface area (Å²) in [6.07, 6.45) is -4.62. The number of amidine groups is 1. The Morgan fingerprint density at radius 1 is 1.13 bits per heavy atom. The van der Waals surface area contributed by atoms with E-state index in [9.17, 15) is 26.4 Å². The van der Waals surface area contributed by atoms with Gasteiger partial charge in [0.2, 0.25) is 0 Å². The third kappa shape index (κ3) is 4.64. The molecule has 0 radical (unpaired) electrons. The highest BCUT2D eigenvalue weighted by Crippen LogP contribution is 2.45. The summed E-state index contributed by atoms with van der Waals surface area (Å²) in [6.45, 7) is 1.92. The van der Waals surface area contributed by atoms with Gasteiger partial charge in [0.25, 0.3) is 5.91 Å². The minimum absolute atomic E-state index is 0.00668. The van der Waals surface area contributed by atoms with Crippen LogP contribution >= 0.6 is 11.8 Å². The minimum atomic E-state index is -4.63. The van der Waals surface area contributed by atoms with Crippen LogP contribution in [0, 0.1) is 6.92 Å². The quantitative estimate of drug-likeness (QED) is 0.685. The number of rotatable bonds is 3. The highest BCUT2D eigenvalue weighted by molar-refractivity contribution is 8.16. The van der Waals surface area contributed by atoms with E-state index in [4.69, 9.17) is 0 Å². The van der Waals surface area contributed by atoms with E-state index in [0.29, 0.717) is 0 Å². The van der Waals surface area contributed by atoms with Gasteiger partial charge in [0.05, 0.1) is 35.2 Å². The van der Waals surface area contributed by atoms with Crippen LogP contribution in [0.15, 0.2) is 53.5 Å². The largest absolute Gasteiger partial charge is 0.418 e. The first-order chi connectivity index (χ1) is 14.5. The molecule has 0 unspecified atom stereocenters. The van der Waals surface area contributed by atoms with Crippen molar-refractivity contribution in [1.29, 1.82) is 0 Å². The molecule has 2 aromatic carbocycles. The van der Waals surface area contributed by atoms with E-state index in [1.807, 2.05) is 19.1 Å². The number of alkyl halides is 3. The predicted molar refractivity (Wildman–Crippen MR) is 115 cm³/mol. The molecule has 10 heteroatoms. The van der Waals surface area contributed by atoms with Gasteiger partial charge >= 0.3 is 6.18 Å². The van der Waals surface area contributed by atoms with Gasteiger partial charge in [-0.25, -0.2) is 8.42 Å². The molecule has 2 aliphatic heterocycles. The van der Waals surface area contributed by atoms with Crippen LogP contribution in [0.4, 0.5) is 18.9 Å². The molecule has 2 saturated heterocycles. The van der Waals surface area contributed by atoms with Gasteiger partial charge in [-0.3, -0.25) is 4.79 Å². The van der Waals surface area contributed by atoms with Gasteiger partial charge in [-0.2, -0.15) is 18.2 Å². The summed E-state index contributed by atoms with van der Waals surface area (Å²) in [4.78, 5) is 18.0. The zero-order valence-corrected chi connectivity index (χ0v) is 18.1. The Labute approximate surface area is 182 Å². The lowest BCUT2D eigenvalue weighted by Crippen LogP contribution is -2.39. The number of carbonyl (C=O) groups is 1. The summed E-state index contributed by atoms with van der Waals surface area (Å²) >= 11 is 1.06. The lowest BCUT2D eigenvalue weighted by atomic mass is 10.1. The normalized spacial score (nSPS) is 23.9. The lowest BCUT2D eigenvalue weighted by Gasteiger charge is -2.27. The minimum Gasteiger partial charge on any atom is -0.315 e. The monoisotopic (exact) mass is 468 g/mol. The fraction of sp³-hybridized carbons (Fsp3) is 0.333. The summed E-state index contributed by atoms with van der Waals surface area (Å²) < 4.78 is 65.2. The Kier molecular flexibility index (Phi) is 5.63. The van der Waals surface area contributed by atoms with E-state index >= 15 is 0 Å². The van der Waals surface area contributed by atoms with E-state index in [0.717, 1.165) is 29.0 Å². The Morgan fingerprint density at radius 2 is 1.81 bits per heavy atom. The first-order valence-corrected chi connectivity index (χ1v) is 12.2. The molecule has 31 heavy (non-hydrogen) atoms. The van der Waals surface area contributed by atoms with Crippen molar-refractivity contribution in [2.24, 2.45) is 4.99 Å². The topological polar surface area (TPSA) is 66.8 Å². The van der Waals surface area contributed by atoms with Crippen molar-refractivity contribution >= 4 is 38.4 Å². The first-order valence-electron chi connectivity index (χ1n) is 9.53. The fourth-order valence-electron chi connectivity index (χ4n) is 3.80. The molecule has 1 amide bonds. The molecule has 2 fully saturated rings. The molecular weight excluding hydrogens is 449 g/mol. The smallest absolute Gasteiger partial charge is 0.315 e. The fourth-order valence-corrected chi connectivity index (χ4v) is 7.72. The van der Waals surface area contributed by atoms with Crippen molar-refractivity contribution in [2.75, 3.05) is 16.4 Å². The molecule has 5 nitrogen and oxygen atoms in total. The van der Waals surface area contributed by atoms with Crippen molar-refractivity contribution in [3.8, 4) is 0 Å². The van der Waals surface area contributed by atoms with Crippen molar-refractivity contribution in [3.05, 3.63) is 65.2 Å². The maximum Gasteiger partial charge on any atom is 0.418 e. The van der Waals surface area contributed by atoms with Crippen molar-refractivity contribution in [1.82, 2.24) is 0 Å². The molecule has 0 aromatic heterocycles. The summed E-state index contributed by atoms with van der Waals surface area (Å²) in [5.74, 6) is -0.927. The SMILES string of the molecule is Cc1ccc(CC(=O)N=C2S[C@@H]3CS(=O)(=O)C[C@H]3N2c2ccccc2C(F)(F)F)cc1. The number of halogens is 3. The second-order valence-corrected chi connectivity index (χ2v) is 11.0. The predicted octanol–water partition coefficient (Wildman–Crippen LogP) is 3.86. The highest BCUT2D eigenvalue weighted by Gasteiger charge is 2.51. The number of nitrogens with zero attached hydrogens (tertiary/aromatic N) is 2. The molecule has 164 valence electrons. The molecule has 4 rings (SSSR count). The summed E-state index contributed by atoms with van der Waals surface area (Å²) in [5.41, 5.74) is 0.707. The maximum atomic E-state index is 13.6. The average molecular weight is 469 g/mol. The van der Waals surface area contributed by atoms with E-state index in [2.05, 4.69) is 4.99 Å². The van der Waals surface area contributed by atoms with Gasteiger partial charge in [-0.1, -0.05) is 53.7 Å². The van der Waals surface area contributed by atoms with Crippen LogP contribution in [-0.2, 0) is 27.2 Å². The van der Waals surface area contributed by atoms with Crippen LogP contribution in [0.1, 0.15) is 16.7 Å². The zero-order valence-electron chi connectivity index (χ0n) is 16.5. The first kappa shape index (κ1) is 21.9. The number of hydrogen-bond acceptors (Lipinski definition) is 4. The number of amides is 1. The van der Waals surface area contributed by atoms with Crippen LogP contribution in [0.3, 0.4) is 0 Å². The zero-order chi connectivity index (χ0) is 22.4. The Bertz CT molecular complexity index is 1150. The number of aliphatic imine (C=N–C) groups is 1. The van der Waals surface area contributed by atoms with Crippen molar-refractivity contribution < 1.29 is 26.4 Å². The molecule has 2 heterocycles. The Balaban J connectivity index is 1.71. The standard InChI is InChI=1S/C21H19F3N2O3S2/c1-13-6-8-14(9-7-13)10-19(27)25-20-26(17-11-31(28,29)12-18(17)30-20)16-5-3-2-4-15(16)21(22,23)24/h2-9,17-18H,10-12H2,1H3/t17-,18-/m1/s1. The Morgan fingerprint density at radius 3 is 2.48 bits per heavy atom.